The number of likely N-dealkylation sites (N-methyl/N-ethyl adjacent to an activating group) is 1. The molecule has 0 spiro atoms. The number of carboxylic acid groups (broad SMARTS) is 1. The molecule has 2 saturated heterocycles. The van der Waals surface area contributed by atoms with Gasteiger partial charge in [-0.05, 0) is 31.8 Å². The van der Waals surface area contributed by atoms with Crippen LogP contribution in [0.3, 0.4) is 0 Å². The van der Waals surface area contributed by atoms with E-state index in [9.17, 15) is 19.5 Å². The highest BCUT2D eigenvalue weighted by Gasteiger charge is 2.38. The number of nitrogens with zero attached hydrogens (tertiary/aromatic N) is 2. The summed E-state index contributed by atoms with van der Waals surface area (Å²) in [6.07, 6.45) is 2.41. The van der Waals surface area contributed by atoms with Crippen molar-refractivity contribution in [2.75, 3.05) is 26.2 Å². The SMILES string of the molecule is CCN1CCC[C@@H]1CN1C[C@@H](C(=O)N[C@H](C(=O)O)C(C)C)CC1=O. The monoisotopic (exact) mass is 339 g/mol. The van der Waals surface area contributed by atoms with Gasteiger partial charge in [0.2, 0.25) is 11.8 Å². The first kappa shape index (κ1) is 18.7. The molecule has 2 aliphatic rings. The quantitative estimate of drug-likeness (QED) is 0.707. The Morgan fingerprint density at radius 3 is 2.67 bits per heavy atom. The molecule has 0 aromatic carbocycles. The molecule has 2 aliphatic heterocycles. The number of carbonyl (C=O) groups excluding carboxylic acids is 2. The van der Waals surface area contributed by atoms with Crippen LogP contribution in [0, 0.1) is 11.8 Å². The highest BCUT2D eigenvalue weighted by atomic mass is 16.4. The second kappa shape index (κ2) is 7.96. The van der Waals surface area contributed by atoms with Crippen LogP contribution in [0.2, 0.25) is 0 Å². The summed E-state index contributed by atoms with van der Waals surface area (Å²) in [5.74, 6) is -2.02. The molecule has 2 fully saturated rings. The Bertz CT molecular complexity index is 494. The molecule has 24 heavy (non-hydrogen) atoms. The van der Waals surface area contributed by atoms with Gasteiger partial charge >= 0.3 is 5.97 Å². The molecule has 0 saturated carbocycles. The van der Waals surface area contributed by atoms with Gasteiger partial charge in [0, 0.05) is 25.6 Å². The molecule has 0 aromatic rings. The molecule has 7 heteroatoms. The van der Waals surface area contributed by atoms with Crippen molar-refractivity contribution >= 4 is 17.8 Å². The van der Waals surface area contributed by atoms with Gasteiger partial charge in [0.25, 0.3) is 0 Å². The third-order valence-corrected chi connectivity index (χ3v) is 5.15. The fourth-order valence-electron chi connectivity index (χ4n) is 3.68. The van der Waals surface area contributed by atoms with Crippen molar-refractivity contribution in [1.82, 2.24) is 15.1 Å². The van der Waals surface area contributed by atoms with Crippen LogP contribution in [0.25, 0.3) is 0 Å². The van der Waals surface area contributed by atoms with Crippen molar-refractivity contribution in [1.29, 1.82) is 0 Å². The van der Waals surface area contributed by atoms with E-state index >= 15 is 0 Å². The molecule has 0 aromatic heterocycles. The minimum atomic E-state index is -1.04. The number of carboxylic acids is 1. The number of aliphatic carboxylic acids is 1. The van der Waals surface area contributed by atoms with E-state index in [0.717, 1.165) is 25.9 Å². The lowest BCUT2D eigenvalue weighted by molar-refractivity contribution is -0.143. The number of carbonyl (C=O) groups is 3. The summed E-state index contributed by atoms with van der Waals surface area (Å²) in [4.78, 5) is 40.0. The van der Waals surface area contributed by atoms with Crippen LogP contribution < -0.4 is 5.32 Å². The van der Waals surface area contributed by atoms with E-state index in [2.05, 4.69) is 17.1 Å². The normalized spacial score (nSPS) is 26.2. The van der Waals surface area contributed by atoms with Gasteiger partial charge in [-0.1, -0.05) is 20.8 Å². The zero-order valence-electron chi connectivity index (χ0n) is 14.8. The Balaban J connectivity index is 1.91. The van der Waals surface area contributed by atoms with Crippen molar-refractivity contribution in [3.63, 3.8) is 0 Å². The molecule has 0 unspecified atom stereocenters. The lowest BCUT2D eigenvalue weighted by atomic mass is 10.0. The fourth-order valence-corrected chi connectivity index (χ4v) is 3.68. The Kier molecular flexibility index (Phi) is 6.21. The predicted molar refractivity (Wildman–Crippen MR) is 89.4 cm³/mol. The number of nitrogens with one attached hydrogen (secondary N) is 1. The fraction of sp³-hybridized carbons (Fsp3) is 0.824. The Hall–Kier alpha value is -1.63. The zero-order chi connectivity index (χ0) is 17.9. The maximum absolute atomic E-state index is 12.3. The van der Waals surface area contributed by atoms with Gasteiger partial charge in [0.1, 0.15) is 6.04 Å². The number of amides is 2. The minimum absolute atomic E-state index is 0.00507. The lowest BCUT2D eigenvalue weighted by Gasteiger charge is -2.27. The van der Waals surface area contributed by atoms with E-state index in [-0.39, 0.29) is 24.2 Å². The Labute approximate surface area is 143 Å². The van der Waals surface area contributed by atoms with E-state index in [1.165, 1.54) is 0 Å². The summed E-state index contributed by atoms with van der Waals surface area (Å²) in [6, 6.07) is -0.532. The van der Waals surface area contributed by atoms with Crippen molar-refractivity contribution < 1.29 is 19.5 Å². The molecule has 2 rings (SSSR count). The maximum Gasteiger partial charge on any atom is 0.326 e. The lowest BCUT2D eigenvalue weighted by Crippen LogP contribution is -2.47. The topological polar surface area (TPSA) is 89.9 Å². The van der Waals surface area contributed by atoms with Crippen LogP contribution in [0.1, 0.15) is 40.0 Å². The smallest absolute Gasteiger partial charge is 0.326 e. The summed E-state index contributed by atoms with van der Waals surface area (Å²) in [5, 5.41) is 11.8. The first-order chi connectivity index (χ1) is 11.3. The number of hydrogen-bond acceptors (Lipinski definition) is 4. The van der Waals surface area contributed by atoms with Crippen LogP contribution in [0.5, 0.6) is 0 Å². The number of hydrogen-bond donors (Lipinski definition) is 2. The van der Waals surface area contributed by atoms with Gasteiger partial charge in [0.15, 0.2) is 0 Å². The first-order valence-electron chi connectivity index (χ1n) is 8.88. The molecule has 0 radical (unpaired) electrons. The predicted octanol–water partition coefficient (Wildman–Crippen LogP) is 0.545. The van der Waals surface area contributed by atoms with Crippen LogP contribution >= 0.6 is 0 Å². The zero-order valence-corrected chi connectivity index (χ0v) is 14.8. The molecule has 136 valence electrons. The molecule has 2 N–H and O–H groups in total. The van der Waals surface area contributed by atoms with E-state index in [0.29, 0.717) is 19.1 Å². The minimum Gasteiger partial charge on any atom is -0.480 e. The number of likely N-dealkylation sites (tertiary alicyclic amines) is 2. The van der Waals surface area contributed by atoms with E-state index in [4.69, 9.17) is 0 Å². The summed E-state index contributed by atoms with van der Waals surface area (Å²) in [5.41, 5.74) is 0. The summed E-state index contributed by atoms with van der Waals surface area (Å²) in [6.45, 7) is 8.74. The van der Waals surface area contributed by atoms with Crippen LogP contribution in [-0.4, -0.2) is 71.0 Å². The van der Waals surface area contributed by atoms with Crippen LogP contribution in [0.15, 0.2) is 0 Å². The van der Waals surface area contributed by atoms with Gasteiger partial charge in [-0.3, -0.25) is 14.5 Å². The molecule has 3 atom stereocenters. The Morgan fingerprint density at radius 1 is 1.38 bits per heavy atom. The van der Waals surface area contributed by atoms with Crippen molar-refractivity contribution in [2.24, 2.45) is 11.8 Å². The molecular formula is C17H29N3O4. The Morgan fingerprint density at radius 2 is 2.08 bits per heavy atom. The van der Waals surface area contributed by atoms with E-state index in [1.807, 2.05) is 0 Å². The summed E-state index contributed by atoms with van der Waals surface area (Å²) >= 11 is 0. The molecule has 0 bridgehead atoms. The second-order valence-electron chi connectivity index (χ2n) is 7.19. The standard InChI is InChI=1S/C17H29N3O4/c1-4-19-7-5-6-13(19)10-20-9-12(8-14(20)21)16(22)18-15(11(2)3)17(23)24/h11-13,15H,4-10H2,1-3H3,(H,18,22)(H,23,24)/t12-,13+,15-/m0/s1. The summed E-state index contributed by atoms with van der Waals surface area (Å²) in [7, 11) is 0. The third-order valence-electron chi connectivity index (χ3n) is 5.15. The van der Waals surface area contributed by atoms with Crippen LogP contribution in [-0.2, 0) is 14.4 Å². The molecule has 2 heterocycles. The average Bonchev–Trinajstić information content (AvgIpc) is 3.11. The molecule has 2 amide bonds. The van der Waals surface area contributed by atoms with Gasteiger partial charge in [-0.25, -0.2) is 4.79 Å². The van der Waals surface area contributed by atoms with E-state index in [1.54, 1.807) is 18.7 Å². The van der Waals surface area contributed by atoms with Gasteiger partial charge in [-0.2, -0.15) is 0 Å². The maximum atomic E-state index is 12.3. The molecular weight excluding hydrogens is 310 g/mol. The van der Waals surface area contributed by atoms with Gasteiger partial charge < -0.3 is 15.3 Å². The largest absolute Gasteiger partial charge is 0.480 e. The van der Waals surface area contributed by atoms with E-state index < -0.39 is 17.9 Å². The van der Waals surface area contributed by atoms with Crippen molar-refractivity contribution in [3.05, 3.63) is 0 Å². The van der Waals surface area contributed by atoms with Crippen molar-refractivity contribution in [3.8, 4) is 0 Å². The van der Waals surface area contributed by atoms with Gasteiger partial charge in [-0.15, -0.1) is 0 Å². The third kappa shape index (κ3) is 4.26. The molecule has 7 nitrogen and oxygen atoms in total. The highest BCUT2D eigenvalue weighted by molar-refractivity contribution is 5.91. The van der Waals surface area contributed by atoms with Gasteiger partial charge in [0.05, 0.1) is 5.92 Å². The van der Waals surface area contributed by atoms with Crippen LogP contribution in [0.4, 0.5) is 0 Å². The summed E-state index contributed by atoms with van der Waals surface area (Å²) < 4.78 is 0. The molecule has 0 aliphatic carbocycles. The second-order valence-corrected chi connectivity index (χ2v) is 7.19. The highest BCUT2D eigenvalue weighted by Crippen LogP contribution is 2.23. The average molecular weight is 339 g/mol. The first-order valence-corrected chi connectivity index (χ1v) is 8.88. The number of rotatable bonds is 7. The van der Waals surface area contributed by atoms with Crippen molar-refractivity contribution in [2.45, 2.75) is 52.1 Å².